The molecule has 1 aliphatic rings. The summed E-state index contributed by atoms with van der Waals surface area (Å²) in [6.07, 6.45) is 11.6. The van der Waals surface area contributed by atoms with Gasteiger partial charge in [-0.1, -0.05) is 0 Å². The van der Waals surface area contributed by atoms with E-state index in [4.69, 9.17) is 11.2 Å². The molecular formula is C6H9ClMgO. The molecule has 9 heavy (non-hydrogen) atoms. The SMILES string of the molecule is C1CCOC1.[C-]#C.[Cl-].[Mg+2]. The molecule has 0 spiro atoms. The number of terminal acetylenes is 1. The molecule has 1 heterocycles. The van der Waals surface area contributed by atoms with E-state index >= 15 is 0 Å². The van der Waals surface area contributed by atoms with Crippen molar-refractivity contribution in [3.8, 4) is 6.42 Å². The average Bonchev–Trinajstić information content (AvgIpc) is 2.23. The Bertz CT molecular complexity index is 44.7. The van der Waals surface area contributed by atoms with Crippen LogP contribution in [0.1, 0.15) is 12.8 Å². The summed E-state index contributed by atoms with van der Waals surface area (Å²) in [7, 11) is 0. The van der Waals surface area contributed by atoms with Gasteiger partial charge in [0.05, 0.1) is 0 Å². The quantitative estimate of drug-likeness (QED) is 0.217. The maximum atomic E-state index is 5.25. The van der Waals surface area contributed by atoms with Crippen molar-refractivity contribution in [3.05, 3.63) is 6.42 Å². The molecule has 0 amide bonds. The van der Waals surface area contributed by atoms with Gasteiger partial charge < -0.3 is 30.0 Å². The van der Waals surface area contributed by atoms with Crippen LogP contribution in [-0.2, 0) is 4.74 Å². The van der Waals surface area contributed by atoms with Gasteiger partial charge in [0.2, 0.25) is 0 Å². The zero-order valence-electron chi connectivity index (χ0n) is 5.40. The molecule has 0 radical (unpaired) electrons. The van der Waals surface area contributed by atoms with Crippen LogP contribution in [0.15, 0.2) is 0 Å². The van der Waals surface area contributed by atoms with Crippen LogP contribution in [0.3, 0.4) is 0 Å². The molecule has 48 valence electrons. The van der Waals surface area contributed by atoms with Gasteiger partial charge in [0.1, 0.15) is 0 Å². The fourth-order valence-corrected chi connectivity index (χ4v) is 0.510. The summed E-state index contributed by atoms with van der Waals surface area (Å²) in [6.45, 7) is 2.00. The third-order valence-electron chi connectivity index (χ3n) is 0.827. The zero-order chi connectivity index (χ0) is 5.54. The first-order valence-corrected chi connectivity index (χ1v) is 2.37. The minimum Gasteiger partial charge on any atom is -1.00 e. The molecule has 0 bridgehead atoms. The summed E-state index contributed by atoms with van der Waals surface area (Å²) >= 11 is 0. The van der Waals surface area contributed by atoms with E-state index in [-0.39, 0.29) is 35.5 Å². The maximum Gasteiger partial charge on any atom is 2.00 e. The Morgan fingerprint density at radius 2 is 1.44 bits per heavy atom. The predicted octanol–water partition coefficient (Wildman–Crippen LogP) is -2.37. The minimum absolute atomic E-state index is 0. The number of hydrogen-bond donors (Lipinski definition) is 0. The fourth-order valence-electron chi connectivity index (χ4n) is 0.510. The van der Waals surface area contributed by atoms with E-state index < -0.39 is 0 Å². The molecule has 0 N–H and O–H groups in total. The van der Waals surface area contributed by atoms with E-state index in [9.17, 15) is 0 Å². The van der Waals surface area contributed by atoms with E-state index in [0.29, 0.717) is 0 Å². The van der Waals surface area contributed by atoms with E-state index in [0.717, 1.165) is 13.2 Å². The van der Waals surface area contributed by atoms with Gasteiger partial charge in [0.25, 0.3) is 0 Å². The van der Waals surface area contributed by atoms with Crippen molar-refractivity contribution in [1.82, 2.24) is 0 Å². The van der Waals surface area contributed by atoms with Gasteiger partial charge in [-0.15, -0.1) is 0 Å². The van der Waals surface area contributed by atoms with Gasteiger partial charge in [-0.2, -0.15) is 0 Å². The molecule has 3 heteroatoms. The first kappa shape index (κ1) is 16.3. The monoisotopic (exact) mass is 156 g/mol. The van der Waals surface area contributed by atoms with Crippen molar-refractivity contribution in [2.45, 2.75) is 12.8 Å². The Labute approximate surface area is 79.1 Å². The van der Waals surface area contributed by atoms with Crippen LogP contribution in [0, 0.1) is 12.8 Å². The topological polar surface area (TPSA) is 9.23 Å². The van der Waals surface area contributed by atoms with Crippen molar-refractivity contribution >= 4 is 23.1 Å². The third-order valence-corrected chi connectivity index (χ3v) is 0.827. The van der Waals surface area contributed by atoms with Gasteiger partial charge in [-0.05, 0) is 12.8 Å². The summed E-state index contributed by atoms with van der Waals surface area (Å²) < 4.78 is 4.94. The Morgan fingerprint density at radius 1 is 1.11 bits per heavy atom. The Kier molecular flexibility index (Phi) is 28.6. The summed E-state index contributed by atoms with van der Waals surface area (Å²) in [4.78, 5) is 0. The molecule has 1 rings (SSSR count). The van der Waals surface area contributed by atoms with E-state index in [1.165, 1.54) is 12.8 Å². The largest absolute Gasteiger partial charge is 2.00 e. The Balaban J connectivity index is -0.0000000836. The van der Waals surface area contributed by atoms with Gasteiger partial charge in [0, 0.05) is 13.2 Å². The van der Waals surface area contributed by atoms with Gasteiger partial charge in [-0.3, -0.25) is 0 Å². The Morgan fingerprint density at radius 3 is 1.56 bits per heavy atom. The van der Waals surface area contributed by atoms with Gasteiger partial charge in [0.15, 0.2) is 0 Å². The van der Waals surface area contributed by atoms with Crippen LogP contribution in [0.4, 0.5) is 0 Å². The second-order valence-corrected chi connectivity index (χ2v) is 1.32. The van der Waals surface area contributed by atoms with Crippen LogP contribution in [0.2, 0.25) is 0 Å². The fraction of sp³-hybridized carbons (Fsp3) is 0.667. The number of ether oxygens (including phenoxy) is 1. The summed E-state index contributed by atoms with van der Waals surface area (Å²) in [5.74, 6) is 0. The van der Waals surface area contributed by atoms with Crippen molar-refractivity contribution in [2.75, 3.05) is 13.2 Å². The van der Waals surface area contributed by atoms with E-state index in [1.807, 2.05) is 0 Å². The van der Waals surface area contributed by atoms with Crippen molar-refractivity contribution < 1.29 is 17.1 Å². The van der Waals surface area contributed by atoms with Crippen LogP contribution in [0.5, 0.6) is 0 Å². The number of rotatable bonds is 0. The Hall–Kier alpha value is 0.576. The molecule has 0 unspecified atom stereocenters. The van der Waals surface area contributed by atoms with Crippen LogP contribution >= 0.6 is 0 Å². The molecule has 1 nitrogen and oxygen atoms in total. The molecular weight excluding hydrogens is 148 g/mol. The zero-order valence-corrected chi connectivity index (χ0v) is 7.57. The summed E-state index contributed by atoms with van der Waals surface area (Å²) in [5.41, 5.74) is 0. The van der Waals surface area contributed by atoms with Crippen LogP contribution in [-0.4, -0.2) is 36.3 Å². The third kappa shape index (κ3) is 11.9. The summed E-state index contributed by atoms with van der Waals surface area (Å²) in [5, 5.41) is 0. The van der Waals surface area contributed by atoms with Crippen molar-refractivity contribution in [3.63, 3.8) is 0 Å². The number of halogens is 1. The number of hydrogen-bond acceptors (Lipinski definition) is 1. The van der Waals surface area contributed by atoms with Gasteiger partial charge >= 0.3 is 23.1 Å². The van der Waals surface area contributed by atoms with Gasteiger partial charge in [-0.25, -0.2) is 0 Å². The van der Waals surface area contributed by atoms with E-state index in [2.05, 4.69) is 6.42 Å². The molecule has 1 saturated heterocycles. The minimum atomic E-state index is 0. The second kappa shape index (κ2) is 15.8. The predicted molar refractivity (Wildman–Crippen MR) is 34.0 cm³/mol. The van der Waals surface area contributed by atoms with Crippen LogP contribution in [0.25, 0.3) is 0 Å². The van der Waals surface area contributed by atoms with Crippen molar-refractivity contribution in [1.29, 1.82) is 0 Å². The molecule has 0 saturated carbocycles. The average molecular weight is 157 g/mol. The normalized spacial score (nSPS) is 13.6. The molecule has 0 aromatic carbocycles. The smallest absolute Gasteiger partial charge is 1.00 e. The standard InChI is InChI=1S/C4H8O.C2H.ClH.Mg/c1-2-4-5-3-1;1-2;;/h1-4H2;1H;1H;/q;-1;;+2/p-1. The first-order chi connectivity index (χ1) is 3.50. The molecule has 0 aromatic heterocycles. The molecule has 1 fully saturated rings. The maximum absolute atomic E-state index is 5.25. The second-order valence-electron chi connectivity index (χ2n) is 1.32. The van der Waals surface area contributed by atoms with E-state index in [1.54, 1.807) is 0 Å². The molecule has 0 aliphatic carbocycles. The molecule has 0 atom stereocenters. The van der Waals surface area contributed by atoms with Crippen LogP contribution < -0.4 is 12.4 Å². The van der Waals surface area contributed by atoms with Crippen molar-refractivity contribution in [2.24, 2.45) is 0 Å². The molecule has 1 aliphatic heterocycles. The molecule has 0 aromatic rings. The summed E-state index contributed by atoms with van der Waals surface area (Å²) in [6, 6.07) is 0. The first-order valence-electron chi connectivity index (χ1n) is 2.37.